The van der Waals surface area contributed by atoms with E-state index in [0.29, 0.717) is 10.0 Å². The number of nitrogens with one attached hydrogen (secondary N) is 1. The van der Waals surface area contributed by atoms with Crippen LogP contribution in [0.3, 0.4) is 0 Å². The molecule has 4 heteroatoms. The monoisotopic (exact) mass is 286 g/mol. The Morgan fingerprint density at radius 3 is 2.67 bits per heavy atom. The summed E-state index contributed by atoms with van der Waals surface area (Å²) in [6.07, 6.45) is 2.25. The van der Waals surface area contributed by atoms with E-state index in [1.165, 1.54) is 0 Å². The normalized spacial score (nSPS) is 19.0. The lowest BCUT2D eigenvalue weighted by Crippen LogP contribution is -2.60. The molecule has 0 bridgehead atoms. The van der Waals surface area contributed by atoms with Gasteiger partial charge < -0.3 is 10.2 Å². The Morgan fingerprint density at radius 2 is 2.00 bits per heavy atom. The van der Waals surface area contributed by atoms with Gasteiger partial charge in [0.2, 0.25) is 0 Å². The zero-order valence-corrected chi connectivity index (χ0v) is 12.5. The standard InChI is InChI=1S/C14H20Cl2N2/c1-3-14(4-2)10-18(9-8-17-14)12-7-5-6-11(15)13(12)16/h5-7,17H,3-4,8-10H2,1-2H3. The van der Waals surface area contributed by atoms with Crippen molar-refractivity contribution in [2.24, 2.45) is 0 Å². The second-order valence-electron chi connectivity index (χ2n) is 4.91. The Hall–Kier alpha value is -0.440. The number of hydrogen-bond acceptors (Lipinski definition) is 2. The van der Waals surface area contributed by atoms with Gasteiger partial charge in [0.05, 0.1) is 15.7 Å². The number of rotatable bonds is 3. The molecular formula is C14H20Cl2N2. The van der Waals surface area contributed by atoms with E-state index in [2.05, 4.69) is 30.1 Å². The van der Waals surface area contributed by atoms with Crippen molar-refractivity contribution in [2.45, 2.75) is 32.2 Å². The first-order chi connectivity index (χ1) is 8.62. The van der Waals surface area contributed by atoms with E-state index < -0.39 is 0 Å². The molecule has 0 radical (unpaired) electrons. The zero-order valence-electron chi connectivity index (χ0n) is 11.0. The van der Waals surface area contributed by atoms with Gasteiger partial charge in [0.25, 0.3) is 0 Å². The van der Waals surface area contributed by atoms with Crippen LogP contribution in [0.1, 0.15) is 26.7 Å². The van der Waals surface area contributed by atoms with Crippen LogP contribution >= 0.6 is 23.2 Å². The SMILES string of the molecule is CCC1(CC)CN(c2cccc(Cl)c2Cl)CCN1. The molecule has 100 valence electrons. The van der Waals surface area contributed by atoms with Gasteiger partial charge in [-0.1, -0.05) is 43.1 Å². The number of hydrogen-bond donors (Lipinski definition) is 1. The average Bonchev–Trinajstić information content (AvgIpc) is 2.42. The van der Waals surface area contributed by atoms with E-state index in [1.807, 2.05) is 12.1 Å². The largest absolute Gasteiger partial charge is 0.367 e. The molecule has 1 heterocycles. The fourth-order valence-electron chi connectivity index (χ4n) is 2.62. The lowest BCUT2D eigenvalue weighted by atomic mass is 9.90. The second-order valence-corrected chi connectivity index (χ2v) is 5.69. The minimum Gasteiger partial charge on any atom is -0.367 e. The van der Waals surface area contributed by atoms with Gasteiger partial charge in [0.15, 0.2) is 0 Å². The minimum absolute atomic E-state index is 0.198. The van der Waals surface area contributed by atoms with Crippen LogP contribution in [0, 0.1) is 0 Å². The maximum Gasteiger partial charge on any atom is 0.0825 e. The lowest BCUT2D eigenvalue weighted by molar-refractivity contribution is 0.277. The van der Waals surface area contributed by atoms with Crippen LogP contribution in [-0.2, 0) is 0 Å². The van der Waals surface area contributed by atoms with Crippen LogP contribution in [0.25, 0.3) is 0 Å². The number of piperazine rings is 1. The number of benzene rings is 1. The molecule has 1 aliphatic rings. The first-order valence-corrected chi connectivity index (χ1v) is 7.31. The molecule has 1 aromatic rings. The van der Waals surface area contributed by atoms with Crippen molar-refractivity contribution in [3.05, 3.63) is 28.2 Å². The van der Waals surface area contributed by atoms with E-state index in [9.17, 15) is 0 Å². The minimum atomic E-state index is 0.198. The molecule has 2 nitrogen and oxygen atoms in total. The maximum atomic E-state index is 6.31. The quantitative estimate of drug-likeness (QED) is 0.905. The van der Waals surface area contributed by atoms with Gasteiger partial charge >= 0.3 is 0 Å². The fraction of sp³-hybridized carbons (Fsp3) is 0.571. The maximum absolute atomic E-state index is 6.31. The summed E-state index contributed by atoms with van der Waals surface area (Å²) < 4.78 is 0. The third kappa shape index (κ3) is 2.61. The Morgan fingerprint density at radius 1 is 1.28 bits per heavy atom. The summed E-state index contributed by atoms with van der Waals surface area (Å²) in [4.78, 5) is 2.34. The summed E-state index contributed by atoms with van der Waals surface area (Å²) >= 11 is 12.4. The third-order valence-corrected chi connectivity index (χ3v) is 4.81. The van der Waals surface area contributed by atoms with Gasteiger partial charge in [-0.25, -0.2) is 0 Å². The summed E-state index contributed by atoms with van der Waals surface area (Å²) in [5.74, 6) is 0. The van der Waals surface area contributed by atoms with Crippen LogP contribution in [0.4, 0.5) is 5.69 Å². The van der Waals surface area contributed by atoms with Crippen LogP contribution in [0.2, 0.25) is 10.0 Å². The topological polar surface area (TPSA) is 15.3 Å². The summed E-state index contributed by atoms with van der Waals surface area (Å²) in [5, 5.41) is 4.95. The highest BCUT2D eigenvalue weighted by molar-refractivity contribution is 6.43. The van der Waals surface area contributed by atoms with E-state index >= 15 is 0 Å². The first-order valence-electron chi connectivity index (χ1n) is 6.56. The molecule has 1 aliphatic heterocycles. The fourth-order valence-corrected chi connectivity index (χ4v) is 3.04. The van der Waals surface area contributed by atoms with Gasteiger partial charge in [0, 0.05) is 25.2 Å². The molecule has 1 fully saturated rings. The molecule has 0 aromatic heterocycles. The number of nitrogens with zero attached hydrogens (tertiary/aromatic N) is 1. The van der Waals surface area contributed by atoms with Crippen molar-refractivity contribution in [3.8, 4) is 0 Å². The van der Waals surface area contributed by atoms with Gasteiger partial charge in [0.1, 0.15) is 0 Å². The van der Waals surface area contributed by atoms with Crippen molar-refractivity contribution in [3.63, 3.8) is 0 Å². The summed E-state index contributed by atoms with van der Waals surface area (Å²) in [6, 6.07) is 5.85. The van der Waals surface area contributed by atoms with Crippen LogP contribution < -0.4 is 10.2 Å². The predicted molar refractivity (Wildman–Crippen MR) is 80.0 cm³/mol. The highest BCUT2D eigenvalue weighted by Crippen LogP contribution is 2.34. The first kappa shape index (κ1) is 14.0. The van der Waals surface area contributed by atoms with Gasteiger partial charge in [-0.3, -0.25) is 0 Å². The van der Waals surface area contributed by atoms with E-state index in [1.54, 1.807) is 0 Å². The summed E-state index contributed by atoms with van der Waals surface area (Å²) in [6.45, 7) is 7.42. The third-order valence-electron chi connectivity index (χ3n) is 4.00. The van der Waals surface area contributed by atoms with Gasteiger partial charge in [-0.2, -0.15) is 0 Å². The smallest absolute Gasteiger partial charge is 0.0825 e. The average molecular weight is 287 g/mol. The number of halogens is 2. The Balaban J connectivity index is 2.26. The predicted octanol–water partition coefficient (Wildman–Crippen LogP) is 3.96. The van der Waals surface area contributed by atoms with Gasteiger partial charge in [-0.05, 0) is 25.0 Å². The zero-order chi connectivity index (χ0) is 13.2. The van der Waals surface area contributed by atoms with Crippen molar-refractivity contribution in [2.75, 3.05) is 24.5 Å². The number of anilines is 1. The molecular weight excluding hydrogens is 267 g/mol. The molecule has 1 N–H and O–H groups in total. The molecule has 0 spiro atoms. The molecule has 0 aliphatic carbocycles. The van der Waals surface area contributed by atoms with Crippen LogP contribution in [-0.4, -0.2) is 25.2 Å². The van der Waals surface area contributed by atoms with Crippen molar-refractivity contribution >= 4 is 28.9 Å². The van der Waals surface area contributed by atoms with E-state index in [0.717, 1.165) is 38.2 Å². The molecule has 0 atom stereocenters. The Kier molecular flexibility index (Phi) is 4.41. The van der Waals surface area contributed by atoms with Crippen LogP contribution in [0.15, 0.2) is 18.2 Å². The van der Waals surface area contributed by atoms with Crippen molar-refractivity contribution in [1.29, 1.82) is 0 Å². The van der Waals surface area contributed by atoms with Crippen LogP contribution in [0.5, 0.6) is 0 Å². The molecule has 0 unspecified atom stereocenters. The van der Waals surface area contributed by atoms with E-state index in [4.69, 9.17) is 23.2 Å². The molecule has 18 heavy (non-hydrogen) atoms. The molecule has 2 rings (SSSR count). The van der Waals surface area contributed by atoms with E-state index in [-0.39, 0.29) is 5.54 Å². The molecule has 1 saturated heterocycles. The molecule has 0 amide bonds. The highest BCUT2D eigenvalue weighted by Gasteiger charge is 2.32. The highest BCUT2D eigenvalue weighted by atomic mass is 35.5. The molecule has 0 saturated carbocycles. The lowest BCUT2D eigenvalue weighted by Gasteiger charge is -2.44. The Labute approximate surface area is 119 Å². The van der Waals surface area contributed by atoms with Crippen molar-refractivity contribution < 1.29 is 0 Å². The van der Waals surface area contributed by atoms with Crippen molar-refractivity contribution in [1.82, 2.24) is 5.32 Å². The summed E-state index contributed by atoms with van der Waals surface area (Å²) in [5.41, 5.74) is 1.25. The Bertz CT molecular complexity index is 416. The van der Waals surface area contributed by atoms with Gasteiger partial charge in [-0.15, -0.1) is 0 Å². The summed E-state index contributed by atoms with van der Waals surface area (Å²) in [7, 11) is 0. The second kappa shape index (κ2) is 5.68. The molecule has 1 aromatic carbocycles.